The fourth-order valence-electron chi connectivity index (χ4n) is 8.78. The maximum atomic E-state index is 15.1. The van der Waals surface area contributed by atoms with Crippen LogP contribution in [0.4, 0.5) is 52.7 Å². The molecule has 0 spiro atoms. The van der Waals surface area contributed by atoms with Gasteiger partial charge in [-0.3, -0.25) is 0 Å². The lowest BCUT2D eigenvalue weighted by Crippen LogP contribution is -2.79. The fraction of sp³-hybridized carbons (Fsp3) is 0.340. The van der Waals surface area contributed by atoms with Crippen LogP contribution in [0.2, 0.25) is 0 Å². The third kappa shape index (κ3) is 8.12. The van der Waals surface area contributed by atoms with Gasteiger partial charge in [0.15, 0.2) is 5.71 Å². The number of rotatable bonds is 6. The summed E-state index contributed by atoms with van der Waals surface area (Å²) in [6, 6.07) is 31.4. The van der Waals surface area contributed by atoms with Crippen molar-refractivity contribution in [2.24, 2.45) is 7.05 Å². The van der Waals surface area contributed by atoms with Gasteiger partial charge in [0.25, 0.3) is 11.2 Å². The van der Waals surface area contributed by atoms with Gasteiger partial charge in [-0.25, -0.2) is 4.49 Å². The fourth-order valence-corrected chi connectivity index (χ4v) is 8.78. The van der Waals surface area contributed by atoms with Crippen molar-refractivity contribution in [2.45, 2.75) is 102 Å². The Morgan fingerprint density at radius 3 is 1.36 bits per heavy atom. The second-order valence-electron chi connectivity index (χ2n) is 18.9. The number of alkyl halides is 12. The Morgan fingerprint density at radius 2 is 0.940 bits per heavy atom. The van der Waals surface area contributed by atoms with Crippen LogP contribution >= 0.6 is 0 Å². The Kier molecular flexibility index (Phi) is 12.0. The molecule has 7 rings (SSSR count). The van der Waals surface area contributed by atoms with E-state index in [9.17, 15) is 0 Å². The van der Waals surface area contributed by atoms with E-state index in [-0.39, 0.29) is 33.4 Å². The van der Waals surface area contributed by atoms with Gasteiger partial charge in [0.1, 0.15) is 0 Å². The highest BCUT2D eigenvalue weighted by Gasteiger charge is 3.01. The lowest BCUT2D eigenvalue weighted by atomic mass is 9.79. The summed E-state index contributed by atoms with van der Waals surface area (Å²) in [6.45, 7) is 14.6. The summed E-state index contributed by atoms with van der Waals surface area (Å²) >= 11 is 0. The minimum Gasteiger partial charge on any atom is -0.347 e. The molecule has 5 aromatic rings. The summed E-state index contributed by atoms with van der Waals surface area (Å²) in [4.78, 5) is 0. The monoisotopic (exact) mass is 945 g/mol. The molecule has 354 valence electrons. The topological polar surface area (TPSA) is 26.4 Å². The standard InChI is InChI=1S/C50H46BF12N2O2/c1-29-27-38(33-19-23-36(24-20-33)43(3,4)5)41(64(29)9)40(35-17-15-32(16-18-35)31-13-11-10-12-14-31)42-39(34-21-25-37(26-22-34)44(6,7)8)28-30(2)65(42)51-66-45(47(52,53)54,48(55,56)57)46(67-51,49(58,59)60)50(61,62)63/h10-28H,1-9H3/q+1. The largest absolute Gasteiger partial charge is 0.851 e. The Hall–Kier alpha value is -5.55. The number of hydrogen-bond acceptors (Lipinski definition) is 2. The molecule has 0 aliphatic carbocycles. The highest BCUT2D eigenvalue weighted by Crippen LogP contribution is 2.67. The molecule has 0 atom stereocenters. The number of aromatic nitrogens is 1. The number of hydrogen-bond donors (Lipinski definition) is 0. The molecule has 1 fully saturated rings. The first kappa shape index (κ1) is 49.4. The molecule has 4 nitrogen and oxygen atoms in total. The van der Waals surface area contributed by atoms with E-state index in [0.29, 0.717) is 26.9 Å². The molecule has 17 heteroatoms. The van der Waals surface area contributed by atoms with Crippen LogP contribution in [0.25, 0.3) is 33.4 Å². The lowest BCUT2D eigenvalue weighted by molar-refractivity contribution is -0.464. The number of aryl methyl sites for hydroxylation is 1. The Balaban J connectivity index is 1.63. The van der Waals surface area contributed by atoms with Crippen molar-refractivity contribution in [3.63, 3.8) is 0 Å². The van der Waals surface area contributed by atoms with Crippen molar-refractivity contribution >= 4 is 24.1 Å². The van der Waals surface area contributed by atoms with E-state index in [1.165, 1.54) is 6.08 Å². The maximum absolute atomic E-state index is 15.1. The molecule has 0 radical (unpaired) electrons. The van der Waals surface area contributed by atoms with E-state index in [0.717, 1.165) is 23.6 Å². The van der Waals surface area contributed by atoms with E-state index in [4.69, 9.17) is 0 Å². The van der Waals surface area contributed by atoms with Crippen molar-refractivity contribution in [1.29, 1.82) is 0 Å². The molecular formula is C50H46BF12N2O2+. The molecule has 2 aliphatic heterocycles. The second-order valence-corrected chi connectivity index (χ2v) is 18.9. The molecule has 4 aromatic carbocycles. The van der Waals surface area contributed by atoms with Crippen LogP contribution in [0.3, 0.4) is 0 Å². The normalized spacial score (nSPS) is 17.9. The van der Waals surface area contributed by atoms with Gasteiger partial charge in [-0.05, 0) is 62.8 Å². The number of allylic oxidation sites excluding steroid dienone is 2. The van der Waals surface area contributed by atoms with Crippen LogP contribution in [0.15, 0.2) is 121 Å². The van der Waals surface area contributed by atoms with Crippen LogP contribution in [0, 0.1) is 6.92 Å². The van der Waals surface area contributed by atoms with Crippen LogP contribution in [0.1, 0.15) is 82.1 Å². The summed E-state index contributed by atoms with van der Waals surface area (Å²) in [5, 5.41) is 0. The van der Waals surface area contributed by atoms with Crippen LogP contribution in [-0.4, -0.2) is 57.9 Å². The van der Waals surface area contributed by atoms with Crippen molar-refractivity contribution < 1.29 is 66.5 Å². The molecule has 0 amide bonds. The van der Waals surface area contributed by atoms with E-state index in [2.05, 4.69) is 9.31 Å². The van der Waals surface area contributed by atoms with E-state index in [1.807, 2.05) is 77.9 Å². The minimum absolute atomic E-state index is 0.00134. The van der Waals surface area contributed by atoms with Crippen molar-refractivity contribution in [3.05, 3.63) is 155 Å². The molecule has 0 saturated carbocycles. The molecule has 1 saturated heterocycles. The summed E-state index contributed by atoms with van der Waals surface area (Å²) in [6.07, 6.45) is -28.4. The molecular weight excluding hydrogens is 899 g/mol. The molecule has 2 aliphatic rings. The first-order chi connectivity index (χ1) is 30.8. The molecule has 0 bridgehead atoms. The third-order valence-electron chi connectivity index (χ3n) is 12.4. The van der Waals surface area contributed by atoms with Crippen LogP contribution in [-0.2, 0) is 27.2 Å². The highest BCUT2D eigenvalue weighted by molar-refractivity contribution is 6.39. The zero-order valence-electron chi connectivity index (χ0n) is 37.8. The summed E-state index contributed by atoms with van der Waals surface area (Å²) in [5.41, 5.74) is -9.90. The first-order valence-electron chi connectivity index (χ1n) is 21.0. The predicted octanol–water partition coefficient (Wildman–Crippen LogP) is 14.4. The minimum atomic E-state index is -7.40. The smallest absolute Gasteiger partial charge is 0.347 e. The Labute approximate surface area is 380 Å². The van der Waals surface area contributed by atoms with Crippen LogP contribution in [0.5, 0.6) is 0 Å². The van der Waals surface area contributed by atoms with Crippen molar-refractivity contribution in [3.8, 4) is 22.3 Å². The summed E-state index contributed by atoms with van der Waals surface area (Å²) < 4.78 is 192. The van der Waals surface area contributed by atoms with Gasteiger partial charge in [-0.15, -0.1) is 0 Å². The number of nitrogens with zero attached hydrogens (tertiary/aromatic N) is 2. The summed E-state index contributed by atoms with van der Waals surface area (Å²) in [5.74, 6) is 0. The van der Waals surface area contributed by atoms with Crippen LogP contribution < -0.4 is 0 Å². The SMILES string of the molecule is CC1=[N+](B2OC(C(F)(F)F)(C(F)(F)F)C(C(F)(F)F)(C(F)(F)F)O2)/C(=C(/c2ccc(-c3ccccc3)cc2)c2c(-c3ccc(C(C)(C)C)cc3)cc(C)n2C)C(c2ccc(C(C)(C)C)cc2)=C1. The molecule has 3 heterocycles. The first-order valence-corrected chi connectivity index (χ1v) is 21.0. The van der Waals surface area contributed by atoms with E-state index in [1.54, 1.807) is 91.3 Å². The number of halogens is 12. The highest BCUT2D eigenvalue weighted by atomic mass is 19.4. The quantitative estimate of drug-likeness (QED) is 0.125. The average Bonchev–Trinajstić information content (AvgIpc) is 3.88. The Morgan fingerprint density at radius 1 is 0.537 bits per heavy atom. The molecule has 1 aromatic heterocycles. The van der Waals surface area contributed by atoms with Gasteiger partial charge in [-0.1, -0.05) is 145 Å². The zero-order chi connectivity index (χ0) is 49.7. The van der Waals surface area contributed by atoms with E-state index >= 15 is 52.7 Å². The summed E-state index contributed by atoms with van der Waals surface area (Å²) in [7, 11) is -2.01. The van der Waals surface area contributed by atoms with Crippen molar-refractivity contribution in [2.75, 3.05) is 0 Å². The van der Waals surface area contributed by atoms with Gasteiger partial charge in [0, 0.05) is 31.3 Å². The maximum Gasteiger partial charge on any atom is 0.851 e. The average molecular weight is 946 g/mol. The van der Waals surface area contributed by atoms with Gasteiger partial charge in [0.2, 0.25) is 5.70 Å². The zero-order valence-corrected chi connectivity index (χ0v) is 37.8. The van der Waals surface area contributed by atoms with E-state index < -0.39 is 60.0 Å². The van der Waals surface area contributed by atoms with Gasteiger partial charge < -0.3 is 13.9 Å². The Bertz CT molecular complexity index is 2690. The second kappa shape index (κ2) is 16.3. The predicted molar refractivity (Wildman–Crippen MR) is 234 cm³/mol. The lowest BCUT2D eigenvalue weighted by Gasteiger charge is -2.45. The molecule has 67 heavy (non-hydrogen) atoms. The van der Waals surface area contributed by atoms with Gasteiger partial charge in [0.05, 0.1) is 16.8 Å². The molecule has 0 N–H and O–H groups in total. The third-order valence-corrected chi connectivity index (χ3v) is 12.4. The van der Waals surface area contributed by atoms with Crippen molar-refractivity contribution in [1.82, 2.24) is 4.57 Å². The van der Waals surface area contributed by atoms with Gasteiger partial charge in [-0.2, -0.15) is 52.7 Å². The molecule has 0 unspecified atom stereocenters. The van der Waals surface area contributed by atoms with Gasteiger partial charge >= 0.3 is 32.0 Å². The number of benzene rings is 4.